The van der Waals surface area contributed by atoms with Crippen LogP contribution in [0, 0.1) is 11.8 Å². The lowest BCUT2D eigenvalue weighted by atomic mass is 9.88. The van der Waals surface area contributed by atoms with Crippen LogP contribution in [0.3, 0.4) is 0 Å². The second-order valence-corrected chi connectivity index (χ2v) is 5.96. The lowest BCUT2D eigenvalue weighted by Crippen LogP contribution is -2.49. The van der Waals surface area contributed by atoms with E-state index in [1.54, 1.807) is 0 Å². The normalized spacial score (nSPS) is 16.0. The Bertz CT molecular complexity index is 619. The van der Waals surface area contributed by atoms with Crippen LogP contribution in [-0.4, -0.2) is 28.8 Å². The van der Waals surface area contributed by atoms with Crippen molar-refractivity contribution in [1.29, 1.82) is 0 Å². The first-order valence-corrected chi connectivity index (χ1v) is 7.76. The third-order valence-electron chi connectivity index (χ3n) is 4.27. The molecular formula is C17H22N4O. The molecule has 5 nitrogen and oxygen atoms in total. The van der Waals surface area contributed by atoms with Crippen molar-refractivity contribution < 1.29 is 4.79 Å². The molecule has 1 saturated heterocycles. The summed E-state index contributed by atoms with van der Waals surface area (Å²) in [6, 6.07) is 10.2. The zero-order valence-corrected chi connectivity index (χ0v) is 12.8. The number of carbonyl (C=O) groups excluding carboxylic acids is 1. The van der Waals surface area contributed by atoms with Crippen LogP contribution < -0.4 is 10.6 Å². The molecule has 1 atom stereocenters. The number of nitrogens with one attached hydrogen (secondary N) is 2. The molecule has 1 aliphatic rings. The fourth-order valence-corrected chi connectivity index (χ4v) is 2.58. The van der Waals surface area contributed by atoms with Crippen LogP contribution in [0.5, 0.6) is 0 Å². The zero-order valence-electron chi connectivity index (χ0n) is 12.8. The van der Waals surface area contributed by atoms with Crippen molar-refractivity contribution in [2.45, 2.75) is 20.0 Å². The van der Waals surface area contributed by atoms with E-state index in [9.17, 15) is 4.79 Å². The fourth-order valence-electron chi connectivity index (χ4n) is 2.58. The fraction of sp³-hybridized carbons (Fsp3) is 0.412. The largest absolute Gasteiger partial charge is 0.352 e. The molecule has 2 heterocycles. The highest BCUT2D eigenvalue weighted by Gasteiger charge is 2.28. The molecule has 1 aromatic carbocycles. The van der Waals surface area contributed by atoms with Gasteiger partial charge in [-0.25, -0.2) is 0 Å². The molecule has 1 aromatic heterocycles. The van der Waals surface area contributed by atoms with Gasteiger partial charge in [0.15, 0.2) is 0 Å². The molecular weight excluding hydrogens is 276 g/mol. The van der Waals surface area contributed by atoms with E-state index in [-0.39, 0.29) is 11.8 Å². The van der Waals surface area contributed by atoms with Crippen molar-refractivity contribution in [1.82, 2.24) is 20.4 Å². The van der Waals surface area contributed by atoms with E-state index in [2.05, 4.69) is 27.9 Å². The Morgan fingerprint density at radius 3 is 2.82 bits per heavy atom. The van der Waals surface area contributed by atoms with Gasteiger partial charge in [0.1, 0.15) is 0 Å². The summed E-state index contributed by atoms with van der Waals surface area (Å²) in [6.45, 7) is 5.18. The SMILES string of the molecule is CC(C(=O)NCc1cnn(Cc2ccccc2)c1)C1CNC1. The summed E-state index contributed by atoms with van der Waals surface area (Å²) in [5.41, 5.74) is 2.25. The third-order valence-corrected chi connectivity index (χ3v) is 4.27. The Balaban J connectivity index is 1.50. The van der Waals surface area contributed by atoms with Gasteiger partial charge in [0.2, 0.25) is 5.91 Å². The molecule has 5 heteroatoms. The minimum absolute atomic E-state index is 0.0700. The Kier molecular flexibility index (Phi) is 4.53. The summed E-state index contributed by atoms with van der Waals surface area (Å²) >= 11 is 0. The predicted molar refractivity (Wildman–Crippen MR) is 85.1 cm³/mol. The molecule has 2 aromatic rings. The standard InChI is InChI=1S/C17H22N4O/c1-13(16-9-18-10-16)17(22)19-7-15-8-20-21(12-15)11-14-5-3-2-4-6-14/h2-6,8,12-13,16,18H,7,9-11H2,1H3,(H,19,22). The number of hydrogen-bond donors (Lipinski definition) is 2. The first-order chi connectivity index (χ1) is 10.7. The molecule has 2 N–H and O–H groups in total. The number of nitrogens with zero attached hydrogens (tertiary/aromatic N) is 2. The van der Waals surface area contributed by atoms with E-state index in [0.29, 0.717) is 12.5 Å². The highest BCUT2D eigenvalue weighted by molar-refractivity contribution is 5.78. The maximum atomic E-state index is 12.1. The van der Waals surface area contributed by atoms with Gasteiger partial charge in [0.25, 0.3) is 0 Å². The Labute approximate surface area is 130 Å². The van der Waals surface area contributed by atoms with Gasteiger partial charge in [-0.3, -0.25) is 9.48 Å². The average Bonchev–Trinajstić information content (AvgIpc) is 2.91. The van der Waals surface area contributed by atoms with Crippen LogP contribution in [0.15, 0.2) is 42.7 Å². The van der Waals surface area contributed by atoms with Gasteiger partial charge < -0.3 is 10.6 Å². The summed E-state index contributed by atoms with van der Waals surface area (Å²) in [5.74, 6) is 0.670. The minimum Gasteiger partial charge on any atom is -0.352 e. The number of aromatic nitrogens is 2. The number of benzene rings is 1. The summed E-state index contributed by atoms with van der Waals surface area (Å²) in [7, 11) is 0. The first kappa shape index (κ1) is 14.8. The van der Waals surface area contributed by atoms with E-state index in [1.165, 1.54) is 5.56 Å². The van der Waals surface area contributed by atoms with Crippen LogP contribution in [0.25, 0.3) is 0 Å². The summed E-state index contributed by atoms with van der Waals surface area (Å²) in [5, 5.41) is 10.6. The molecule has 22 heavy (non-hydrogen) atoms. The van der Waals surface area contributed by atoms with Crippen LogP contribution in [0.2, 0.25) is 0 Å². The molecule has 0 radical (unpaired) electrons. The van der Waals surface area contributed by atoms with Crippen molar-refractivity contribution in [3.8, 4) is 0 Å². The minimum atomic E-state index is 0.0700. The number of amides is 1. The lowest BCUT2D eigenvalue weighted by molar-refractivity contribution is -0.126. The number of carbonyl (C=O) groups is 1. The second-order valence-electron chi connectivity index (χ2n) is 5.96. The molecule has 1 unspecified atom stereocenters. The highest BCUT2D eigenvalue weighted by atomic mass is 16.1. The van der Waals surface area contributed by atoms with E-state index >= 15 is 0 Å². The highest BCUT2D eigenvalue weighted by Crippen LogP contribution is 2.15. The van der Waals surface area contributed by atoms with Gasteiger partial charge in [-0.05, 0) is 24.6 Å². The van der Waals surface area contributed by atoms with Gasteiger partial charge in [0.05, 0.1) is 12.7 Å². The molecule has 0 bridgehead atoms. The molecule has 1 aliphatic heterocycles. The maximum Gasteiger partial charge on any atom is 0.223 e. The van der Waals surface area contributed by atoms with E-state index in [4.69, 9.17) is 0 Å². The van der Waals surface area contributed by atoms with Crippen LogP contribution in [0.4, 0.5) is 0 Å². The van der Waals surface area contributed by atoms with Crippen molar-refractivity contribution in [3.05, 3.63) is 53.9 Å². The Morgan fingerprint density at radius 2 is 2.14 bits per heavy atom. The van der Waals surface area contributed by atoms with Crippen LogP contribution in [0.1, 0.15) is 18.1 Å². The average molecular weight is 298 g/mol. The van der Waals surface area contributed by atoms with E-state index in [1.807, 2.05) is 42.2 Å². The first-order valence-electron chi connectivity index (χ1n) is 7.76. The molecule has 0 aliphatic carbocycles. The summed E-state index contributed by atoms with van der Waals surface area (Å²) in [6.07, 6.45) is 3.81. The van der Waals surface area contributed by atoms with E-state index in [0.717, 1.165) is 25.2 Å². The van der Waals surface area contributed by atoms with Crippen LogP contribution in [-0.2, 0) is 17.9 Å². The summed E-state index contributed by atoms with van der Waals surface area (Å²) in [4.78, 5) is 12.1. The van der Waals surface area contributed by atoms with Crippen molar-refractivity contribution in [2.75, 3.05) is 13.1 Å². The molecule has 1 amide bonds. The quantitative estimate of drug-likeness (QED) is 0.847. The van der Waals surface area contributed by atoms with Gasteiger partial charge in [-0.15, -0.1) is 0 Å². The summed E-state index contributed by atoms with van der Waals surface area (Å²) < 4.78 is 1.90. The Morgan fingerprint density at radius 1 is 1.36 bits per heavy atom. The molecule has 0 spiro atoms. The molecule has 3 rings (SSSR count). The Hall–Kier alpha value is -2.14. The molecule has 0 saturated carbocycles. The zero-order chi connectivity index (χ0) is 15.4. The van der Waals surface area contributed by atoms with Gasteiger partial charge >= 0.3 is 0 Å². The van der Waals surface area contributed by atoms with E-state index < -0.39 is 0 Å². The molecule has 116 valence electrons. The van der Waals surface area contributed by atoms with Crippen molar-refractivity contribution >= 4 is 5.91 Å². The van der Waals surface area contributed by atoms with Crippen molar-refractivity contribution in [2.24, 2.45) is 11.8 Å². The third kappa shape index (κ3) is 3.54. The van der Waals surface area contributed by atoms with Gasteiger partial charge in [-0.1, -0.05) is 37.3 Å². The second kappa shape index (κ2) is 6.75. The lowest BCUT2D eigenvalue weighted by Gasteiger charge is -2.31. The topological polar surface area (TPSA) is 59.0 Å². The maximum absolute atomic E-state index is 12.1. The van der Waals surface area contributed by atoms with Crippen LogP contribution >= 0.6 is 0 Å². The van der Waals surface area contributed by atoms with Gasteiger partial charge in [0, 0.05) is 24.2 Å². The van der Waals surface area contributed by atoms with Gasteiger partial charge in [-0.2, -0.15) is 5.10 Å². The van der Waals surface area contributed by atoms with Crippen molar-refractivity contribution in [3.63, 3.8) is 0 Å². The smallest absolute Gasteiger partial charge is 0.223 e. The number of rotatable bonds is 6. The predicted octanol–water partition coefficient (Wildman–Crippen LogP) is 1.40. The molecule has 1 fully saturated rings. The number of hydrogen-bond acceptors (Lipinski definition) is 3. The monoisotopic (exact) mass is 298 g/mol.